The van der Waals surface area contributed by atoms with Crippen molar-refractivity contribution in [3.8, 4) is 11.1 Å². The van der Waals surface area contributed by atoms with Gasteiger partial charge in [-0.3, -0.25) is 4.98 Å². The fraction of sp³-hybridized carbons (Fsp3) is 0.208. The van der Waals surface area contributed by atoms with E-state index in [0.29, 0.717) is 11.9 Å². The average Bonchev–Trinajstić information content (AvgIpc) is 3.02. The SMILES string of the molecule is Cc1cc(C)c(CNc2cccc(-c3c(C)cnc4c(C(F)(F)F)cccc34)c2)o1. The molecule has 0 bridgehead atoms. The molecular weight excluding hydrogens is 389 g/mol. The van der Waals surface area contributed by atoms with E-state index in [-0.39, 0.29) is 5.52 Å². The molecule has 0 saturated heterocycles. The summed E-state index contributed by atoms with van der Waals surface area (Å²) in [5.41, 5.74) is 3.57. The van der Waals surface area contributed by atoms with Crippen molar-refractivity contribution < 1.29 is 17.6 Å². The Morgan fingerprint density at radius 3 is 2.43 bits per heavy atom. The quantitative estimate of drug-likeness (QED) is 0.392. The molecule has 2 heterocycles. The first kappa shape index (κ1) is 20.0. The van der Waals surface area contributed by atoms with Gasteiger partial charge in [-0.25, -0.2) is 0 Å². The van der Waals surface area contributed by atoms with Gasteiger partial charge in [0.25, 0.3) is 0 Å². The highest BCUT2D eigenvalue weighted by Gasteiger charge is 2.33. The largest absolute Gasteiger partial charge is 0.464 e. The van der Waals surface area contributed by atoms with Crippen molar-refractivity contribution in [2.75, 3.05) is 5.32 Å². The number of alkyl halides is 3. The Kier molecular flexibility index (Phi) is 5.02. The number of nitrogens with one attached hydrogen (secondary N) is 1. The second-order valence-corrected chi connectivity index (χ2v) is 7.41. The molecule has 2 aromatic carbocycles. The molecule has 0 aliphatic heterocycles. The van der Waals surface area contributed by atoms with Crippen LogP contribution in [0.1, 0.15) is 28.2 Å². The maximum absolute atomic E-state index is 13.5. The second-order valence-electron chi connectivity index (χ2n) is 7.41. The number of pyridine rings is 1. The summed E-state index contributed by atoms with van der Waals surface area (Å²) in [5.74, 6) is 1.72. The Balaban J connectivity index is 1.75. The first-order valence-corrected chi connectivity index (χ1v) is 9.60. The number of halogens is 3. The molecule has 0 fully saturated rings. The van der Waals surface area contributed by atoms with Gasteiger partial charge in [0.05, 0.1) is 17.6 Å². The van der Waals surface area contributed by atoms with Crippen molar-refractivity contribution in [3.05, 3.63) is 82.9 Å². The Hall–Kier alpha value is -3.28. The summed E-state index contributed by atoms with van der Waals surface area (Å²) >= 11 is 0. The molecule has 0 spiro atoms. The molecule has 6 heteroatoms. The minimum atomic E-state index is -4.46. The Morgan fingerprint density at radius 1 is 0.967 bits per heavy atom. The van der Waals surface area contributed by atoms with Crippen LogP contribution >= 0.6 is 0 Å². The molecule has 2 aromatic heterocycles. The molecule has 1 N–H and O–H groups in total. The van der Waals surface area contributed by atoms with Crippen molar-refractivity contribution in [3.63, 3.8) is 0 Å². The van der Waals surface area contributed by atoms with Crippen LogP contribution in [0.3, 0.4) is 0 Å². The topological polar surface area (TPSA) is 38.1 Å². The lowest BCUT2D eigenvalue weighted by Gasteiger charge is -2.15. The van der Waals surface area contributed by atoms with Crippen LogP contribution in [-0.4, -0.2) is 4.98 Å². The molecule has 0 amide bonds. The van der Waals surface area contributed by atoms with E-state index in [0.717, 1.165) is 45.5 Å². The summed E-state index contributed by atoms with van der Waals surface area (Å²) in [5, 5.41) is 3.82. The summed E-state index contributed by atoms with van der Waals surface area (Å²) in [6, 6.07) is 13.8. The van der Waals surface area contributed by atoms with E-state index in [1.165, 1.54) is 12.3 Å². The predicted molar refractivity (Wildman–Crippen MR) is 112 cm³/mol. The fourth-order valence-electron chi connectivity index (χ4n) is 3.77. The highest BCUT2D eigenvalue weighted by atomic mass is 19.4. The molecule has 4 rings (SSSR count). The smallest absolute Gasteiger partial charge is 0.418 e. The number of hydrogen-bond donors (Lipinski definition) is 1. The van der Waals surface area contributed by atoms with Gasteiger partial charge < -0.3 is 9.73 Å². The summed E-state index contributed by atoms with van der Waals surface area (Å²) < 4.78 is 46.1. The zero-order valence-electron chi connectivity index (χ0n) is 16.9. The molecule has 154 valence electrons. The first-order chi connectivity index (χ1) is 14.2. The number of anilines is 1. The number of furan rings is 1. The highest BCUT2D eigenvalue weighted by molar-refractivity contribution is 5.98. The molecular formula is C24H21F3N2O. The van der Waals surface area contributed by atoms with Gasteiger partial charge in [-0.2, -0.15) is 13.2 Å². The van der Waals surface area contributed by atoms with Gasteiger partial charge in [-0.05, 0) is 67.3 Å². The first-order valence-electron chi connectivity index (χ1n) is 9.60. The molecule has 0 aliphatic carbocycles. The average molecular weight is 410 g/mol. The van der Waals surface area contributed by atoms with Gasteiger partial charge in [-0.15, -0.1) is 0 Å². The lowest BCUT2D eigenvalue weighted by molar-refractivity contribution is -0.136. The Bertz CT molecular complexity index is 1230. The van der Waals surface area contributed by atoms with Gasteiger partial charge in [0.2, 0.25) is 0 Å². The third kappa shape index (κ3) is 3.77. The molecule has 3 nitrogen and oxygen atoms in total. The molecule has 0 atom stereocenters. The van der Waals surface area contributed by atoms with Gasteiger partial charge >= 0.3 is 6.18 Å². The van der Waals surface area contributed by atoms with Crippen LogP contribution in [0.15, 0.2) is 59.1 Å². The van der Waals surface area contributed by atoms with Crippen molar-refractivity contribution >= 4 is 16.6 Å². The summed E-state index contributed by atoms with van der Waals surface area (Å²) in [7, 11) is 0. The third-order valence-electron chi connectivity index (χ3n) is 5.14. The molecule has 0 aliphatic rings. The molecule has 4 aromatic rings. The number of aryl methyl sites for hydroxylation is 3. The Morgan fingerprint density at radius 2 is 1.73 bits per heavy atom. The van der Waals surface area contributed by atoms with Gasteiger partial charge in [0.15, 0.2) is 0 Å². The molecule has 0 saturated carbocycles. The molecule has 0 radical (unpaired) electrons. The summed E-state index contributed by atoms with van der Waals surface area (Å²) in [6.45, 7) is 6.28. The van der Waals surface area contributed by atoms with Crippen LogP contribution in [0, 0.1) is 20.8 Å². The van der Waals surface area contributed by atoms with E-state index in [1.807, 2.05) is 51.1 Å². The highest BCUT2D eigenvalue weighted by Crippen LogP contribution is 2.38. The maximum atomic E-state index is 13.5. The molecule has 30 heavy (non-hydrogen) atoms. The van der Waals surface area contributed by atoms with E-state index >= 15 is 0 Å². The lowest BCUT2D eigenvalue weighted by Crippen LogP contribution is -2.07. The van der Waals surface area contributed by atoms with E-state index in [2.05, 4.69) is 10.3 Å². The third-order valence-corrected chi connectivity index (χ3v) is 5.14. The monoisotopic (exact) mass is 410 g/mol. The number of rotatable bonds is 4. The number of benzene rings is 2. The predicted octanol–water partition coefficient (Wildman–Crippen LogP) is 7.05. The van der Waals surface area contributed by atoms with Crippen LogP contribution < -0.4 is 5.32 Å². The number of fused-ring (bicyclic) bond motifs is 1. The van der Waals surface area contributed by atoms with Crippen molar-refractivity contribution in [2.45, 2.75) is 33.5 Å². The van der Waals surface area contributed by atoms with Gasteiger partial charge in [0, 0.05) is 17.3 Å². The zero-order valence-corrected chi connectivity index (χ0v) is 16.9. The van der Waals surface area contributed by atoms with E-state index in [1.54, 1.807) is 6.07 Å². The van der Waals surface area contributed by atoms with Gasteiger partial charge in [-0.1, -0.05) is 24.3 Å². The van der Waals surface area contributed by atoms with E-state index in [4.69, 9.17) is 4.42 Å². The summed E-state index contributed by atoms with van der Waals surface area (Å²) in [6.07, 6.45) is -2.95. The van der Waals surface area contributed by atoms with E-state index < -0.39 is 11.7 Å². The second kappa shape index (κ2) is 7.52. The normalized spacial score (nSPS) is 11.8. The van der Waals surface area contributed by atoms with Crippen LogP contribution in [0.5, 0.6) is 0 Å². The fourth-order valence-corrected chi connectivity index (χ4v) is 3.77. The maximum Gasteiger partial charge on any atom is 0.418 e. The van der Waals surface area contributed by atoms with Crippen LogP contribution in [0.2, 0.25) is 0 Å². The minimum absolute atomic E-state index is 0.0364. The minimum Gasteiger partial charge on any atom is -0.464 e. The lowest BCUT2D eigenvalue weighted by atomic mass is 9.95. The van der Waals surface area contributed by atoms with Crippen LogP contribution in [-0.2, 0) is 12.7 Å². The van der Waals surface area contributed by atoms with Crippen molar-refractivity contribution in [1.82, 2.24) is 4.98 Å². The van der Waals surface area contributed by atoms with E-state index in [9.17, 15) is 13.2 Å². The number of aromatic nitrogens is 1. The van der Waals surface area contributed by atoms with Crippen molar-refractivity contribution in [1.29, 1.82) is 0 Å². The van der Waals surface area contributed by atoms with Gasteiger partial charge in [0.1, 0.15) is 11.5 Å². The number of hydrogen-bond acceptors (Lipinski definition) is 3. The standard InChI is InChI=1S/C24H21F3N2O/c1-14-10-16(3)30-21(14)13-28-18-7-4-6-17(11-18)22-15(2)12-29-23-19(22)8-5-9-20(23)24(25,26)27/h4-12,28H,13H2,1-3H3. The summed E-state index contributed by atoms with van der Waals surface area (Å²) in [4.78, 5) is 4.10. The van der Waals surface area contributed by atoms with Crippen LogP contribution in [0.4, 0.5) is 18.9 Å². The number of para-hydroxylation sites is 1. The van der Waals surface area contributed by atoms with Crippen LogP contribution in [0.25, 0.3) is 22.0 Å². The number of nitrogens with zero attached hydrogens (tertiary/aromatic N) is 1. The Labute approximate surface area is 172 Å². The zero-order chi connectivity index (χ0) is 21.5. The van der Waals surface area contributed by atoms with Crippen molar-refractivity contribution in [2.24, 2.45) is 0 Å². The molecule has 0 unspecified atom stereocenters.